The van der Waals surface area contributed by atoms with Crippen LogP contribution in [0, 0.1) is 17.8 Å². The molecule has 0 radical (unpaired) electrons. The summed E-state index contributed by atoms with van der Waals surface area (Å²) in [6.45, 7) is 11.9. The van der Waals surface area contributed by atoms with E-state index in [1.807, 2.05) is 0 Å². The highest BCUT2D eigenvalue weighted by molar-refractivity contribution is 7.47. The number of ether oxygens (including phenoxy) is 4. The van der Waals surface area contributed by atoms with Gasteiger partial charge < -0.3 is 33.8 Å². The van der Waals surface area contributed by atoms with Crippen LogP contribution < -0.4 is 0 Å². The lowest BCUT2D eigenvalue weighted by Gasteiger charge is -2.21. The zero-order chi connectivity index (χ0) is 76.5. The van der Waals surface area contributed by atoms with Gasteiger partial charge in [-0.25, -0.2) is 9.13 Å². The van der Waals surface area contributed by atoms with Gasteiger partial charge in [0.25, 0.3) is 0 Å². The van der Waals surface area contributed by atoms with Crippen LogP contribution in [-0.2, 0) is 65.4 Å². The molecule has 0 aliphatic heterocycles. The first-order chi connectivity index (χ1) is 50.3. The largest absolute Gasteiger partial charge is 0.472 e. The Morgan fingerprint density at radius 2 is 0.567 bits per heavy atom. The van der Waals surface area contributed by atoms with E-state index in [0.29, 0.717) is 25.7 Å². The summed E-state index contributed by atoms with van der Waals surface area (Å²) in [5.74, 6) is 0.255. The van der Waals surface area contributed by atoms with Crippen molar-refractivity contribution in [3.63, 3.8) is 0 Å². The molecule has 104 heavy (non-hydrogen) atoms. The van der Waals surface area contributed by atoms with Gasteiger partial charge in [-0.1, -0.05) is 368 Å². The molecule has 614 valence electrons. The summed E-state index contributed by atoms with van der Waals surface area (Å²) in [6.07, 6.45) is 67.5. The fourth-order valence-corrected chi connectivity index (χ4v) is 14.2. The van der Waals surface area contributed by atoms with E-state index in [0.717, 1.165) is 127 Å². The van der Waals surface area contributed by atoms with Gasteiger partial charge in [0, 0.05) is 25.7 Å². The van der Waals surface area contributed by atoms with E-state index in [9.17, 15) is 43.2 Å². The number of aliphatic hydroxyl groups excluding tert-OH is 1. The molecule has 0 aromatic carbocycles. The number of carbonyl (C=O) groups is 4. The van der Waals surface area contributed by atoms with E-state index in [1.54, 1.807) is 0 Å². The number of phosphoric ester groups is 2. The maximum atomic E-state index is 13.1. The predicted molar refractivity (Wildman–Crippen MR) is 427 cm³/mol. The second kappa shape index (κ2) is 74.6. The maximum Gasteiger partial charge on any atom is 0.472 e. The summed E-state index contributed by atoms with van der Waals surface area (Å²) in [4.78, 5) is 73.1. The Hall–Kier alpha value is -2.46. The smallest absolute Gasteiger partial charge is 0.462 e. The van der Waals surface area contributed by atoms with Crippen molar-refractivity contribution in [1.82, 2.24) is 0 Å². The number of carbonyl (C=O) groups excluding carboxylic acids is 4. The number of esters is 4. The minimum Gasteiger partial charge on any atom is -0.462 e. The van der Waals surface area contributed by atoms with Gasteiger partial charge in [0.2, 0.25) is 0 Å². The van der Waals surface area contributed by atoms with Crippen LogP contribution in [0.2, 0.25) is 0 Å². The third-order valence-electron chi connectivity index (χ3n) is 20.0. The van der Waals surface area contributed by atoms with Crippen LogP contribution in [0.4, 0.5) is 0 Å². The fraction of sp³-hybridized carbons (Fsp3) is 0.906. The molecule has 0 rings (SSSR count). The highest BCUT2D eigenvalue weighted by atomic mass is 31.2. The summed E-state index contributed by atoms with van der Waals surface area (Å²) in [7, 11) is -9.94. The standard InChI is InChI=1S/C85H162O17P2/c1-8-11-12-13-14-15-16-17-22-30-35-40-45-54-61-69-85(90)102-81(73-96-83(88)67-60-53-48-47-51-58-65-78(7)10-3)75-100-104(93,94)98-71-79(86)70-97-103(91,92)99-74-80(101-84(89)68-62-55-46-41-36-31-26-25-27-32-37-42-49-56-63-76(4)5)72-95-82(87)66-59-52-44-39-34-29-24-21-19-18-20-23-28-33-38-43-50-57-64-77(6)9-2/h15-17,22,76-81,86H,8-14,18-21,23-75H2,1-7H3,(H,91,92)(H,93,94)/b16-15-,22-17-/t77?,78?,79-,80-,81-/m1/s1. The second-order valence-electron chi connectivity index (χ2n) is 30.8. The number of hydrogen-bond donors (Lipinski definition) is 3. The topological polar surface area (TPSA) is 237 Å². The van der Waals surface area contributed by atoms with Crippen molar-refractivity contribution in [2.45, 2.75) is 439 Å². The van der Waals surface area contributed by atoms with Crippen molar-refractivity contribution in [2.75, 3.05) is 39.6 Å². The van der Waals surface area contributed by atoms with Crippen molar-refractivity contribution in [3.8, 4) is 0 Å². The normalized spacial score (nSPS) is 14.6. The Morgan fingerprint density at radius 1 is 0.317 bits per heavy atom. The van der Waals surface area contributed by atoms with Crippen LogP contribution in [0.25, 0.3) is 0 Å². The molecule has 0 saturated heterocycles. The molecule has 4 unspecified atom stereocenters. The summed E-state index contributed by atoms with van der Waals surface area (Å²) >= 11 is 0. The number of allylic oxidation sites excluding steroid dienone is 4. The Morgan fingerprint density at radius 3 is 0.856 bits per heavy atom. The molecule has 19 heteroatoms. The van der Waals surface area contributed by atoms with Gasteiger partial charge >= 0.3 is 39.5 Å². The molecule has 0 aliphatic rings. The minimum atomic E-state index is -4.97. The quantitative estimate of drug-likeness (QED) is 0.0169. The molecule has 0 aromatic rings. The van der Waals surface area contributed by atoms with Gasteiger partial charge in [0.1, 0.15) is 19.3 Å². The predicted octanol–water partition coefficient (Wildman–Crippen LogP) is 25.3. The minimum absolute atomic E-state index is 0.0841. The average molecular weight is 1520 g/mol. The van der Waals surface area contributed by atoms with Crippen molar-refractivity contribution < 1.29 is 80.2 Å². The van der Waals surface area contributed by atoms with Gasteiger partial charge in [-0.2, -0.15) is 0 Å². The van der Waals surface area contributed by atoms with Gasteiger partial charge in [-0.15, -0.1) is 0 Å². The highest BCUT2D eigenvalue weighted by Gasteiger charge is 2.30. The molecule has 0 spiro atoms. The first-order valence-electron chi connectivity index (χ1n) is 43.2. The van der Waals surface area contributed by atoms with Crippen LogP contribution in [-0.4, -0.2) is 96.7 Å². The maximum absolute atomic E-state index is 13.1. The lowest BCUT2D eigenvalue weighted by molar-refractivity contribution is -0.161. The molecule has 3 N–H and O–H groups in total. The molecule has 0 bridgehead atoms. The molecule has 7 atom stereocenters. The van der Waals surface area contributed by atoms with Crippen molar-refractivity contribution in [2.24, 2.45) is 17.8 Å². The van der Waals surface area contributed by atoms with Crippen LogP contribution in [0.3, 0.4) is 0 Å². The Kier molecular flexibility index (Phi) is 72.9. The van der Waals surface area contributed by atoms with E-state index in [4.69, 9.17) is 37.0 Å². The van der Waals surface area contributed by atoms with Gasteiger partial charge in [-0.05, 0) is 69.1 Å². The number of aliphatic hydroxyl groups is 1. The molecule has 0 aliphatic carbocycles. The molecular weight excluding hydrogens is 1350 g/mol. The summed E-state index contributed by atoms with van der Waals surface area (Å²) in [5, 5.41) is 10.7. The van der Waals surface area contributed by atoms with Crippen molar-refractivity contribution in [3.05, 3.63) is 24.3 Å². The number of hydrogen-bond acceptors (Lipinski definition) is 15. The average Bonchev–Trinajstić information content (AvgIpc) is 0.915. The lowest BCUT2D eigenvalue weighted by atomic mass is 9.99. The zero-order valence-electron chi connectivity index (χ0n) is 68.0. The first kappa shape index (κ1) is 102. The van der Waals surface area contributed by atoms with Crippen LogP contribution in [0.1, 0.15) is 421 Å². The molecule has 0 aromatic heterocycles. The number of rotatable bonds is 81. The van der Waals surface area contributed by atoms with Crippen LogP contribution >= 0.6 is 15.6 Å². The van der Waals surface area contributed by atoms with E-state index in [-0.39, 0.29) is 25.7 Å². The second-order valence-corrected chi connectivity index (χ2v) is 33.8. The third kappa shape index (κ3) is 75.0. The first-order valence-corrected chi connectivity index (χ1v) is 46.2. The molecular formula is C85H162O17P2. The number of unbranched alkanes of at least 4 members (excludes halogenated alkanes) is 44. The van der Waals surface area contributed by atoms with E-state index < -0.39 is 97.5 Å². The monoisotopic (exact) mass is 1520 g/mol. The van der Waals surface area contributed by atoms with Gasteiger partial charge in [-0.3, -0.25) is 37.3 Å². The molecule has 0 saturated carbocycles. The van der Waals surface area contributed by atoms with Crippen LogP contribution in [0.15, 0.2) is 24.3 Å². The molecule has 0 amide bonds. The lowest BCUT2D eigenvalue weighted by Crippen LogP contribution is -2.30. The highest BCUT2D eigenvalue weighted by Crippen LogP contribution is 2.45. The van der Waals surface area contributed by atoms with E-state index in [1.165, 1.54) is 212 Å². The van der Waals surface area contributed by atoms with E-state index in [2.05, 4.69) is 72.8 Å². The van der Waals surface area contributed by atoms with Crippen LogP contribution in [0.5, 0.6) is 0 Å². The van der Waals surface area contributed by atoms with Crippen molar-refractivity contribution >= 4 is 39.5 Å². The SMILES string of the molecule is CCCCCC/C=C\C=C/CCCCCCCC(=O)O[C@H](COC(=O)CCCCCCCCC(C)CC)COP(=O)(O)OC[C@H](O)COP(=O)(O)OC[C@@H](COC(=O)CCCCCCCCCCCCCCCCCCCCC(C)CC)OC(=O)CCCCCCCCCCCCCCCCC(C)C. The fourth-order valence-electron chi connectivity index (χ4n) is 12.6. The summed E-state index contributed by atoms with van der Waals surface area (Å²) in [5.41, 5.74) is 0. The van der Waals surface area contributed by atoms with E-state index >= 15 is 0 Å². The van der Waals surface area contributed by atoms with Gasteiger partial charge in [0.05, 0.1) is 26.4 Å². The zero-order valence-corrected chi connectivity index (χ0v) is 69.8. The Balaban J connectivity index is 5.25. The summed E-state index contributed by atoms with van der Waals surface area (Å²) in [6, 6.07) is 0. The molecule has 17 nitrogen and oxygen atoms in total. The van der Waals surface area contributed by atoms with Crippen molar-refractivity contribution in [1.29, 1.82) is 0 Å². The Labute approximate surface area is 637 Å². The number of phosphoric acid groups is 2. The molecule has 0 fully saturated rings. The Bertz CT molecular complexity index is 2110. The molecule has 0 heterocycles. The third-order valence-corrected chi connectivity index (χ3v) is 21.9. The van der Waals surface area contributed by atoms with Gasteiger partial charge in [0.15, 0.2) is 12.2 Å². The summed E-state index contributed by atoms with van der Waals surface area (Å²) < 4.78 is 68.8.